The van der Waals surface area contributed by atoms with Crippen molar-refractivity contribution >= 4 is 47.4 Å². The number of aliphatic imine (C=N–C) groups is 1. The van der Waals surface area contributed by atoms with Crippen LogP contribution < -0.4 is 5.32 Å². The number of aromatic nitrogens is 1. The van der Waals surface area contributed by atoms with Gasteiger partial charge in [0.15, 0.2) is 5.96 Å². The van der Waals surface area contributed by atoms with Gasteiger partial charge < -0.3 is 19.9 Å². The zero-order valence-electron chi connectivity index (χ0n) is 16.7. The molecule has 3 heterocycles. The lowest BCUT2D eigenvalue weighted by molar-refractivity contribution is 0.0137. The van der Waals surface area contributed by atoms with Gasteiger partial charge in [-0.05, 0) is 34.6 Å². The molecule has 1 unspecified atom stereocenters. The molecule has 1 fully saturated rings. The fraction of sp³-hybridized carbons (Fsp3) is 0.722. The lowest BCUT2D eigenvalue weighted by Crippen LogP contribution is -2.57. The SMILES string of the molecule is Cc1nc(CCNC2=NCC3CN(C(=O)OC(C)(C)C)CCN23)sc1C.I. The number of rotatable bonds is 3. The van der Waals surface area contributed by atoms with Gasteiger partial charge in [0, 0.05) is 37.5 Å². The molecule has 1 saturated heterocycles. The maximum Gasteiger partial charge on any atom is 0.410 e. The summed E-state index contributed by atoms with van der Waals surface area (Å²) in [5.74, 6) is 0.948. The first-order valence-electron chi connectivity index (χ1n) is 9.19. The molecule has 152 valence electrons. The lowest BCUT2D eigenvalue weighted by atomic mass is 10.2. The normalized spacial score (nSPS) is 19.3. The third-order valence-corrected chi connectivity index (χ3v) is 5.69. The van der Waals surface area contributed by atoms with E-state index in [-0.39, 0.29) is 36.1 Å². The molecule has 3 rings (SSSR count). The van der Waals surface area contributed by atoms with E-state index in [1.807, 2.05) is 20.8 Å². The third kappa shape index (κ3) is 5.69. The summed E-state index contributed by atoms with van der Waals surface area (Å²) in [6.45, 7) is 13.5. The number of fused-ring (bicyclic) bond motifs is 1. The zero-order chi connectivity index (χ0) is 18.9. The molecular formula is C18H30IN5O2S. The lowest BCUT2D eigenvalue weighted by Gasteiger charge is -2.39. The molecule has 1 amide bonds. The van der Waals surface area contributed by atoms with E-state index < -0.39 is 5.60 Å². The van der Waals surface area contributed by atoms with Crippen LogP contribution in [-0.2, 0) is 11.2 Å². The van der Waals surface area contributed by atoms with Crippen LogP contribution in [0.5, 0.6) is 0 Å². The summed E-state index contributed by atoms with van der Waals surface area (Å²) in [6, 6.07) is 0.239. The minimum atomic E-state index is -0.459. The Morgan fingerprint density at radius 1 is 1.33 bits per heavy atom. The molecule has 0 aromatic carbocycles. The second kappa shape index (κ2) is 8.93. The number of ether oxygens (including phenoxy) is 1. The third-order valence-electron chi connectivity index (χ3n) is 4.55. The largest absolute Gasteiger partial charge is 0.444 e. The summed E-state index contributed by atoms with van der Waals surface area (Å²) >= 11 is 1.76. The van der Waals surface area contributed by atoms with E-state index >= 15 is 0 Å². The molecule has 2 aliphatic heterocycles. The van der Waals surface area contributed by atoms with Crippen molar-refractivity contribution in [2.24, 2.45) is 4.99 Å². The Morgan fingerprint density at radius 3 is 2.70 bits per heavy atom. The molecule has 1 N–H and O–H groups in total. The minimum absolute atomic E-state index is 0. The minimum Gasteiger partial charge on any atom is -0.444 e. The maximum absolute atomic E-state index is 12.3. The number of guanidine groups is 1. The van der Waals surface area contributed by atoms with Crippen molar-refractivity contribution in [3.8, 4) is 0 Å². The molecule has 0 aliphatic carbocycles. The molecule has 0 spiro atoms. The Kier molecular flexibility index (Phi) is 7.34. The van der Waals surface area contributed by atoms with Gasteiger partial charge in [-0.1, -0.05) is 0 Å². The highest BCUT2D eigenvalue weighted by Gasteiger charge is 2.36. The summed E-state index contributed by atoms with van der Waals surface area (Å²) in [4.78, 5) is 26.9. The van der Waals surface area contributed by atoms with Gasteiger partial charge in [-0.3, -0.25) is 4.99 Å². The first-order valence-corrected chi connectivity index (χ1v) is 10.0. The number of thiazole rings is 1. The van der Waals surface area contributed by atoms with Crippen molar-refractivity contribution in [1.82, 2.24) is 20.1 Å². The molecule has 1 aromatic heterocycles. The number of aryl methyl sites for hydroxylation is 2. The van der Waals surface area contributed by atoms with Crippen molar-refractivity contribution < 1.29 is 9.53 Å². The van der Waals surface area contributed by atoms with Crippen molar-refractivity contribution in [2.75, 3.05) is 32.7 Å². The number of carbonyl (C=O) groups is 1. The van der Waals surface area contributed by atoms with Crippen LogP contribution >= 0.6 is 35.3 Å². The van der Waals surface area contributed by atoms with E-state index in [9.17, 15) is 4.79 Å². The number of amides is 1. The molecule has 7 nitrogen and oxygen atoms in total. The van der Waals surface area contributed by atoms with Gasteiger partial charge in [-0.25, -0.2) is 9.78 Å². The van der Waals surface area contributed by atoms with Crippen LogP contribution in [0.15, 0.2) is 4.99 Å². The van der Waals surface area contributed by atoms with Gasteiger partial charge in [-0.2, -0.15) is 0 Å². The quantitative estimate of drug-likeness (QED) is 0.638. The van der Waals surface area contributed by atoms with Gasteiger partial charge in [0.2, 0.25) is 0 Å². The monoisotopic (exact) mass is 507 g/mol. The van der Waals surface area contributed by atoms with Gasteiger partial charge in [0.05, 0.1) is 23.3 Å². The van der Waals surface area contributed by atoms with Crippen molar-refractivity contribution in [3.05, 3.63) is 15.6 Å². The highest BCUT2D eigenvalue weighted by atomic mass is 127. The molecule has 9 heteroatoms. The Bertz CT molecular complexity index is 681. The summed E-state index contributed by atoms with van der Waals surface area (Å²) in [5, 5.41) is 4.61. The Hall–Kier alpha value is -1.10. The summed E-state index contributed by atoms with van der Waals surface area (Å²) in [7, 11) is 0. The Morgan fingerprint density at radius 2 is 2.07 bits per heavy atom. The van der Waals surface area contributed by atoms with E-state index in [4.69, 9.17) is 4.74 Å². The number of hydrogen-bond acceptors (Lipinski definition) is 7. The molecule has 1 aromatic rings. The van der Waals surface area contributed by atoms with Gasteiger partial charge in [0.25, 0.3) is 0 Å². The van der Waals surface area contributed by atoms with Gasteiger partial charge in [-0.15, -0.1) is 35.3 Å². The summed E-state index contributed by atoms with van der Waals surface area (Å²) < 4.78 is 5.49. The summed E-state index contributed by atoms with van der Waals surface area (Å²) in [5.41, 5.74) is 0.668. The predicted octanol–water partition coefficient (Wildman–Crippen LogP) is 2.80. The number of piperazine rings is 1. The fourth-order valence-corrected chi connectivity index (χ4v) is 4.08. The van der Waals surface area contributed by atoms with Crippen molar-refractivity contribution in [1.29, 1.82) is 0 Å². The van der Waals surface area contributed by atoms with Gasteiger partial charge in [0.1, 0.15) is 5.60 Å². The highest BCUT2D eigenvalue weighted by molar-refractivity contribution is 14.0. The van der Waals surface area contributed by atoms with E-state index in [0.29, 0.717) is 13.1 Å². The second-order valence-electron chi connectivity index (χ2n) is 7.86. The average Bonchev–Trinajstić information content (AvgIpc) is 3.09. The van der Waals surface area contributed by atoms with E-state index in [0.717, 1.165) is 42.7 Å². The van der Waals surface area contributed by atoms with E-state index in [2.05, 4.69) is 34.0 Å². The first kappa shape index (κ1) is 22.2. The Balaban J connectivity index is 0.00000261. The number of nitrogens with zero attached hydrogens (tertiary/aromatic N) is 4. The van der Waals surface area contributed by atoms with Crippen LogP contribution in [-0.4, -0.2) is 71.2 Å². The van der Waals surface area contributed by atoms with Crippen LogP contribution in [0.1, 0.15) is 36.3 Å². The second-order valence-corrected chi connectivity index (χ2v) is 9.15. The molecular weight excluding hydrogens is 477 g/mol. The molecule has 27 heavy (non-hydrogen) atoms. The standard InChI is InChI=1S/C18H29N5O2S.HI/c1-12-13(2)26-15(21-12)6-7-19-16-20-10-14-11-22(8-9-23(14)16)17(24)25-18(3,4)5;/h14H,6-11H2,1-5H3,(H,19,20);1H. The number of nitrogens with one attached hydrogen (secondary N) is 1. The van der Waals surface area contributed by atoms with Crippen molar-refractivity contribution in [2.45, 2.75) is 52.7 Å². The summed E-state index contributed by atoms with van der Waals surface area (Å²) in [6.07, 6.45) is 0.675. The van der Waals surface area contributed by atoms with Crippen LogP contribution in [0, 0.1) is 13.8 Å². The fourth-order valence-electron chi connectivity index (χ4n) is 3.15. The van der Waals surface area contributed by atoms with E-state index in [1.165, 1.54) is 4.88 Å². The highest BCUT2D eigenvalue weighted by Crippen LogP contribution is 2.19. The molecule has 0 saturated carbocycles. The van der Waals surface area contributed by atoms with E-state index in [1.54, 1.807) is 16.2 Å². The van der Waals surface area contributed by atoms with Crippen LogP contribution in [0.2, 0.25) is 0 Å². The number of hydrogen-bond donors (Lipinski definition) is 1. The van der Waals surface area contributed by atoms with Crippen LogP contribution in [0.4, 0.5) is 4.79 Å². The maximum atomic E-state index is 12.3. The number of carbonyl (C=O) groups excluding carboxylic acids is 1. The molecule has 0 radical (unpaired) electrons. The van der Waals surface area contributed by atoms with Crippen molar-refractivity contribution in [3.63, 3.8) is 0 Å². The van der Waals surface area contributed by atoms with Crippen LogP contribution in [0.3, 0.4) is 0 Å². The molecule has 2 aliphatic rings. The number of halogens is 1. The molecule has 0 bridgehead atoms. The zero-order valence-corrected chi connectivity index (χ0v) is 19.9. The average molecular weight is 507 g/mol. The Labute approximate surface area is 182 Å². The van der Waals surface area contributed by atoms with Gasteiger partial charge >= 0.3 is 6.09 Å². The first-order chi connectivity index (χ1) is 12.2. The smallest absolute Gasteiger partial charge is 0.410 e. The van der Waals surface area contributed by atoms with Crippen LogP contribution in [0.25, 0.3) is 0 Å². The topological polar surface area (TPSA) is 70.1 Å². The molecule has 1 atom stereocenters. The predicted molar refractivity (Wildman–Crippen MR) is 119 cm³/mol.